The van der Waals surface area contributed by atoms with Crippen LogP contribution in [0, 0.1) is 11.8 Å². The summed E-state index contributed by atoms with van der Waals surface area (Å²) in [4.78, 5) is 62.3. The van der Waals surface area contributed by atoms with Gasteiger partial charge in [0, 0.05) is 11.5 Å². The van der Waals surface area contributed by atoms with E-state index in [1.165, 1.54) is 6.92 Å². The summed E-state index contributed by atoms with van der Waals surface area (Å²) in [7, 11) is 2.10. The number of carbonyl (C=O) groups is 5. The quantitative estimate of drug-likeness (QED) is 0.248. The van der Waals surface area contributed by atoms with E-state index < -0.39 is 59.7 Å². The average Bonchev–Trinajstić information content (AvgIpc) is 2.90. The van der Waals surface area contributed by atoms with Crippen LogP contribution in [0.3, 0.4) is 0 Å². The molecule has 0 fully saturated rings. The van der Waals surface area contributed by atoms with Gasteiger partial charge in [0.1, 0.15) is 6.04 Å². The molecular weight excluding hydrogens is 470 g/mol. The largest absolute Gasteiger partial charge is 0.468 e. The lowest BCUT2D eigenvalue weighted by Crippen LogP contribution is -2.56. The highest BCUT2D eigenvalue weighted by Crippen LogP contribution is 2.22. The minimum Gasteiger partial charge on any atom is -0.468 e. The highest BCUT2D eigenvalue weighted by Gasteiger charge is 2.42. The number of aliphatic hydroxyl groups excluding tert-OH is 1. The molecule has 0 unspecified atom stereocenters. The summed E-state index contributed by atoms with van der Waals surface area (Å²) in [6.45, 7) is 1.33. The van der Waals surface area contributed by atoms with Crippen LogP contribution in [0.15, 0.2) is 60.7 Å². The van der Waals surface area contributed by atoms with Crippen LogP contribution in [0.1, 0.15) is 28.9 Å². The first kappa shape index (κ1) is 28.0. The molecular formula is C25H29N3O8. The van der Waals surface area contributed by atoms with Crippen LogP contribution in [0.2, 0.25) is 0 Å². The molecule has 0 heterocycles. The van der Waals surface area contributed by atoms with E-state index in [4.69, 9.17) is 5.73 Å². The Hall–Kier alpha value is -4.25. The second kappa shape index (κ2) is 13.0. The van der Waals surface area contributed by atoms with Crippen molar-refractivity contribution < 1.29 is 38.6 Å². The number of amides is 3. The molecule has 2 aromatic carbocycles. The van der Waals surface area contributed by atoms with E-state index in [1.807, 2.05) is 0 Å². The highest BCUT2D eigenvalue weighted by atomic mass is 16.5. The summed E-state index contributed by atoms with van der Waals surface area (Å²) in [5.41, 5.74) is 6.15. The number of aliphatic hydroxyl groups is 1. The van der Waals surface area contributed by atoms with Gasteiger partial charge < -0.3 is 30.9 Å². The maximum atomic E-state index is 13.0. The lowest BCUT2D eigenvalue weighted by molar-refractivity contribution is -0.162. The summed E-state index contributed by atoms with van der Waals surface area (Å²) in [6, 6.07) is 13.7. The molecule has 2 rings (SSSR count). The van der Waals surface area contributed by atoms with Crippen LogP contribution in [-0.4, -0.2) is 61.1 Å². The second-order valence-electron chi connectivity index (χ2n) is 7.94. The van der Waals surface area contributed by atoms with Crippen molar-refractivity contribution in [3.8, 4) is 0 Å². The van der Waals surface area contributed by atoms with Crippen molar-refractivity contribution in [2.24, 2.45) is 17.6 Å². The van der Waals surface area contributed by atoms with Crippen molar-refractivity contribution in [2.75, 3.05) is 14.2 Å². The summed E-state index contributed by atoms with van der Waals surface area (Å²) >= 11 is 0. The summed E-state index contributed by atoms with van der Waals surface area (Å²) < 4.78 is 9.24. The number of hydrogen-bond donors (Lipinski definition) is 4. The third-order valence-electron chi connectivity index (χ3n) is 5.63. The number of hydrogen-bond acceptors (Lipinski definition) is 8. The molecule has 0 bridgehead atoms. The monoisotopic (exact) mass is 499 g/mol. The van der Waals surface area contributed by atoms with E-state index in [9.17, 15) is 29.1 Å². The standard InChI is InChI=1S/C25H29N3O8/c1-14(17(24(33)35-2)25(34)36-3)18(21(26)30)27-23(32)20(29)19(15-10-6-4-7-11-15)28-22(31)16-12-8-5-9-13-16/h4-14,17-20,29H,1-3H3,(H2,26,30)(H,27,32)(H,28,31)/t14-,18-,19+,20-/m1/s1. The second-order valence-corrected chi connectivity index (χ2v) is 7.94. The molecule has 0 radical (unpaired) electrons. The van der Waals surface area contributed by atoms with Gasteiger partial charge in [-0.15, -0.1) is 0 Å². The molecule has 0 aliphatic rings. The number of nitrogens with one attached hydrogen (secondary N) is 2. The Labute approximate surface area is 208 Å². The maximum Gasteiger partial charge on any atom is 0.320 e. The molecule has 11 heteroatoms. The number of nitrogens with two attached hydrogens (primary N) is 1. The third kappa shape index (κ3) is 6.89. The molecule has 11 nitrogen and oxygen atoms in total. The highest BCUT2D eigenvalue weighted by molar-refractivity contribution is 5.97. The molecule has 0 saturated heterocycles. The fourth-order valence-electron chi connectivity index (χ4n) is 3.64. The molecule has 2 aromatic rings. The molecule has 0 aliphatic carbocycles. The van der Waals surface area contributed by atoms with Crippen molar-refractivity contribution >= 4 is 29.7 Å². The lowest BCUT2D eigenvalue weighted by Gasteiger charge is -2.29. The zero-order valence-electron chi connectivity index (χ0n) is 20.0. The fourth-order valence-corrected chi connectivity index (χ4v) is 3.64. The van der Waals surface area contributed by atoms with Gasteiger partial charge in [-0.05, 0) is 17.7 Å². The first-order valence-corrected chi connectivity index (χ1v) is 11.0. The smallest absolute Gasteiger partial charge is 0.320 e. The minimum atomic E-state index is -1.87. The fraction of sp³-hybridized carbons (Fsp3) is 0.320. The van der Waals surface area contributed by atoms with E-state index >= 15 is 0 Å². The number of benzene rings is 2. The van der Waals surface area contributed by atoms with Gasteiger partial charge in [0.05, 0.1) is 20.3 Å². The van der Waals surface area contributed by atoms with Gasteiger partial charge in [0.2, 0.25) is 5.91 Å². The van der Waals surface area contributed by atoms with Gasteiger partial charge in [-0.25, -0.2) is 0 Å². The Balaban J connectivity index is 2.32. The van der Waals surface area contributed by atoms with Crippen LogP contribution in [-0.2, 0) is 28.7 Å². The number of carbonyl (C=O) groups excluding carboxylic acids is 5. The molecule has 36 heavy (non-hydrogen) atoms. The molecule has 0 aromatic heterocycles. The molecule has 0 aliphatic heterocycles. The van der Waals surface area contributed by atoms with E-state index in [0.717, 1.165) is 14.2 Å². The summed E-state index contributed by atoms with van der Waals surface area (Å²) in [5.74, 6) is -7.43. The zero-order valence-corrected chi connectivity index (χ0v) is 20.0. The molecule has 4 atom stereocenters. The molecule has 0 saturated carbocycles. The van der Waals surface area contributed by atoms with Gasteiger partial charge in [0.25, 0.3) is 11.8 Å². The van der Waals surface area contributed by atoms with E-state index in [-0.39, 0.29) is 0 Å². The van der Waals surface area contributed by atoms with Crippen LogP contribution < -0.4 is 16.4 Å². The summed E-state index contributed by atoms with van der Waals surface area (Å²) in [5, 5.41) is 15.8. The predicted molar refractivity (Wildman–Crippen MR) is 127 cm³/mol. The SMILES string of the molecule is COC(=O)C(C(=O)OC)[C@@H](C)[C@@H](NC(=O)[C@H](O)[C@@H](NC(=O)c1ccccc1)c1ccccc1)C(N)=O. The van der Waals surface area contributed by atoms with Gasteiger partial charge >= 0.3 is 11.9 Å². The Morgan fingerprint density at radius 1 is 0.833 bits per heavy atom. The van der Waals surface area contributed by atoms with Crippen molar-refractivity contribution in [2.45, 2.75) is 25.1 Å². The maximum absolute atomic E-state index is 13.0. The first-order valence-electron chi connectivity index (χ1n) is 11.0. The molecule has 3 amide bonds. The number of rotatable bonds is 11. The van der Waals surface area contributed by atoms with Crippen LogP contribution in [0.25, 0.3) is 0 Å². The third-order valence-corrected chi connectivity index (χ3v) is 5.63. The van der Waals surface area contributed by atoms with E-state index in [0.29, 0.717) is 11.1 Å². The minimum absolute atomic E-state index is 0.300. The number of ether oxygens (including phenoxy) is 2. The number of esters is 2. The first-order chi connectivity index (χ1) is 17.1. The van der Waals surface area contributed by atoms with Crippen LogP contribution in [0.4, 0.5) is 0 Å². The molecule has 5 N–H and O–H groups in total. The Kier molecular flexibility index (Phi) is 10.1. The molecule has 0 spiro atoms. The van der Waals surface area contributed by atoms with Crippen molar-refractivity contribution in [3.63, 3.8) is 0 Å². The topological polar surface area (TPSA) is 174 Å². The van der Waals surface area contributed by atoms with Gasteiger partial charge in [-0.3, -0.25) is 24.0 Å². The van der Waals surface area contributed by atoms with Gasteiger partial charge in [-0.2, -0.15) is 0 Å². The van der Waals surface area contributed by atoms with Crippen molar-refractivity contribution in [1.82, 2.24) is 10.6 Å². The summed E-state index contributed by atoms with van der Waals surface area (Å²) in [6.07, 6.45) is -1.87. The number of primary amides is 1. The zero-order chi connectivity index (χ0) is 26.8. The van der Waals surface area contributed by atoms with Crippen LogP contribution in [0.5, 0.6) is 0 Å². The van der Waals surface area contributed by atoms with Crippen LogP contribution >= 0.6 is 0 Å². The van der Waals surface area contributed by atoms with Gasteiger partial charge in [-0.1, -0.05) is 55.5 Å². The van der Waals surface area contributed by atoms with E-state index in [2.05, 4.69) is 20.1 Å². The van der Waals surface area contributed by atoms with Crippen molar-refractivity contribution in [1.29, 1.82) is 0 Å². The lowest BCUT2D eigenvalue weighted by atomic mass is 9.86. The predicted octanol–water partition coefficient (Wildman–Crippen LogP) is 0.0870. The Morgan fingerprint density at radius 2 is 1.33 bits per heavy atom. The van der Waals surface area contributed by atoms with E-state index in [1.54, 1.807) is 60.7 Å². The average molecular weight is 500 g/mol. The normalized spacial score (nSPS) is 14.0. The Morgan fingerprint density at radius 3 is 1.81 bits per heavy atom. The van der Waals surface area contributed by atoms with Crippen molar-refractivity contribution in [3.05, 3.63) is 71.8 Å². The number of methoxy groups -OCH3 is 2. The van der Waals surface area contributed by atoms with Gasteiger partial charge in [0.15, 0.2) is 12.0 Å². The molecule has 192 valence electrons. The Bertz CT molecular complexity index is 1060.